The lowest BCUT2D eigenvalue weighted by atomic mass is 9.74. The van der Waals surface area contributed by atoms with Gasteiger partial charge < -0.3 is 5.73 Å². The average molecular weight is 213 g/mol. The van der Waals surface area contributed by atoms with E-state index in [0.717, 1.165) is 12.8 Å². The molecule has 2 nitrogen and oxygen atoms in total. The molecular weight excluding hydrogens is 186 g/mol. The van der Waals surface area contributed by atoms with Gasteiger partial charge in [-0.3, -0.25) is 4.79 Å². The van der Waals surface area contributed by atoms with Crippen LogP contribution in [0.15, 0.2) is 0 Å². The highest BCUT2D eigenvalue weighted by Crippen LogP contribution is 2.34. The molecule has 0 aromatic heterocycles. The van der Waals surface area contributed by atoms with Crippen molar-refractivity contribution in [2.75, 3.05) is 0 Å². The van der Waals surface area contributed by atoms with E-state index in [1.54, 1.807) is 0 Å². The summed E-state index contributed by atoms with van der Waals surface area (Å²) < 4.78 is 0. The van der Waals surface area contributed by atoms with Crippen molar-refractivity contribution in [1.29, 1.82) is 0 Å². The summed E-state index contributed by atoms with van der Waals surface area (Å²) in [5.74, 6) is 0.974. The Morgan fingerprint density at radius 1 is 1.27 bits per heavy atom. The Bertz CT molecular complexity index is 201. The average Bonchev–Trinajstić information content (AvgIpc) is 2.01. The highest BCUT2D eigenvalue weighted by atomic mass is 16.1. The van der Waals surface area contributed by atoms with E-state index >= 15 is 0 Å². The molecule has 2 unspecified atom stereocenters. The fourth-order valence-corrected chi connectivity index (χ4v) is 2.55. The van der Waals surface area contributed by atoms with E-state index in [9.17, 15) is 4.79 Å². The standard InChI is InChI=1S/C13H27NO/c1-6-7-11(4)9-13(5,12(14)15)8-10(2)3/h10-11H,6-9H2,1-5H3,(H2,14,15). The van der Waals surface area contributed by atoms with Crippen LogP contribution in [0.2, 0.25) is 0 Å². The molecule has 15 heavy (non-hydrogen) atoms. The van der Waals surface area contributed by atoms with Gasteiger partial charge in [0.1, 0.15) is 0 Å². The largest absolute Gasteiger partial charge is 0.369 e. The van der Waals surface area contributed by atoms with Crippen LogP contribution in [0.1, 0.15) is 60.3 Å². The van der Waals surface area contributed by atoms with Gasteiger partial charge in [-0.05, 0) is 24.7 Å². The van der Waals surface area contributed by atoms with E-state index < -0.39 is 0 Å². The van der Waals surface area contributed by atoms with Gasteiger partial charge in [-0.1, -0.05) is 47.5 Å². The number of amides is 1. The van der Waals surface area contributed by atoms with Gasteiger partial charge in [-0.25, -0.2) is 0 Å². The first-order chi connectivity index (χ1) is 6.81. The highest BCUT2D eigenvalue weighted by molar-refractivity contribution is 5.80. The van der Waals surface area contributed by atoms with Gasteiger partial charge in [-0.2, -0.15) is 0 Å². The topological polar surface area (TPSA) is 43.1 Å². The fourth-order valence-electron chi connectivity index (χ4n) is 2.55. The maximum absolute atomic E-state index is 11.5. The minimum atomic E-state index is -0.317. The van der Waals surface area contributed by atoms with Gasteiger partial charge in [0.15, 0.2) is 0 Å². The molecule has 1 amide bonds. The maximum atomic E-state index is 11.5. The molecule has 0 aromatic carbocycles. The number of carbonyl (C=O) groups is 1. The molecule has 2 heteroatoms. The summed E-state index contributed by atoms with van der Waals surface area (Å²) in [6.07, 6.45) is 4.18. The third-order valence-electron chi connectivity index (χ3n) is 3.03. The Morgan fingerprint density at radius 3 is 2.13 bits per heavy atom. The van der Waals surface area contributed by atoms with E-state index in [0.29, 0.717) is 11.8 Å². The molecule has 0 fully saturated rings. The van der Waals surface area contributed by atoms with E-state index in [1.807, 2.05) is 6.92 Å². The van der Waals surface area contributed by atoms with Crippen molar-refractivity contribution in [2.24, 2.45) is 23.0 Å². The Balaban J connectivity index is 4.44. The molecule has 0 saturated heterocycles. The van der Waals surface area contributed by atoms with Gasteiger partial charge in [-0.15, -0.1) is 0 Å². The van der Waals surface area contributed by atoms with E-state index in [1.165, 1.54) is 12.8 Å². The van der Waals surface area contributed by atoms with Crippen molar-refractivity contribution in [3.8, 4) is 0 Å². The van der Waals surface area contributed by atoms with E-state index in [4.69, 9.17) is 5.73 Å². The number of hydrogen-bond donors (Lipinski definition) is 1. The maximum Gasteiger partial charge on any atom is 0.223 e. The molecule has 0 spiro atoms. The smallest absolute Gasteiger partial charge is 0.223 e. The van der Waals surface area contributed by atoms with Crippen LogP contribution in [0.5, 0.6) is 0 Å². The Hall–Kier alpha value is -0.530. The number of carbonyl (C=O) groups excluding carboxylic acids is 1. The summed E-state index contributed by atoms with van der Waals surface area (Å²) >= 11 is 0. The van der Waals surface area contributed by atoms with Gasteiger partial charge in [0.25, 0.3) is 0 Å². The molecule has 0 rings (SSSR count). The van der Waals surface area contributed by atoms with Crippen LogP contribution in [0.3, 0.4) is 0 Å². The predicted molar refractivity (Wildman–Crippen MR) is 65.4 cm³/mol. The molecular formula is C13H27NO. The lowest BCUT2D eigenvalue weighted by Gasteiger charge is -2.30. The third kappa shape index (κ3) is 5.19. The van der Waals surface area contributed by atoms with Gasteiger partial charge >= 0.3 is 0 Å². The van der Waals surface area contributed by atoms with Gasteiger partial charge in [0, 0.05) is 5.41 Å². The number of nitrogens with two attached hydrogens (primary N) is 1. The summed E-state index contributed by atoms with van der Waals surface area (Å²) in [5, 5.41) is 0. The summed E-state index contributed by atoms with van der Waals surface area (Å²) in [6.45, 7) is 10.7. The third-order valence-corrected chi connectivity index (χ3v) is 3.03. The van der Waals surface area contributed by atoms with E-state index in [-0.39, 0.29) is 11.3 Å². The minimum Gasteiger partial charge on any atom is -0.369 e. The molecule has 0 aliphatic heterocycles. The normalized spacial score (nSPS) is 17.5. The summed E-state index contributed by atoms with van der Waals surface area (Å²) in [7, 11) is 0. The SMILES string of the molecule is CCCC(C)CC(C)(CC(C)C)C(N)=O. The first kappa shape index (κ1) is 14.5. The zero-order valence-corrected chi connectivity index (χ0v) is 11.0. The Kier molecular flexibility index (Phi) is 5.92. The lowest BCUT2D eigenvalue weighted by Crippen LogP contribution is -2.37. The van der Waals surface area contributed by atoms with Crippen molar-refractivity contribution in [3.63, 3.8) is 0 Å². The van der Waals surface area contributed by atoms with Crippen LogP contribution in [-0.4, -0.2) is 5.91 Å². The van der Waals surface area contributed by atoms with Crippen molar-refractivity contribution in [2.45, 2.75) is 60.3 Å². The molecule has 0 saturated carbocycles. The molecule has 0 aromatic rings. The zero-order valence-electron chi connectivity index (χ0n) is 11.0. The van der Waals surface area contributed by atoms with Crippen LogP contribution >= 0.6 is 0 Å². The highest BCUT2D eigenvalue weighted by Gasteiger charge is 2.33. The first-order valence-corrected chi connectivity index (χ1v) is 6.11. The number of rotatable bonds is 7. The van der Waals surface area contributed by atoms with Gasteiger partial charge in [0.2, 0.25) is 5.91 Å². The summed E-state index contributed by atoms with van der Waals surface area (Å²) in [4.78, 5) is 11.5. The second kappa shape index (κ2) is 6.14. The van der Waals surface area contributed by atoms with Crippen molar-refractivity contribution < 1.29 is 4.79 Å². The van der Waals surface area contributed by atoms with Crippen LogP contribution < -0.4 is 5.73 Å². The quantitative estimate of drug-likeness (QED) is 0.692. The molecule has 0 aliphatic carbocycles. The fraction of sp³-hybridized carbons (Fsp3) is 0.923. The van der Waals surface area contributed by atoms with Crippen LogP contribution in [0.4, 0.5) is 0 Å². The predicted octanol–water partition coefficient (Wildman–Crippen LogP) is 3.35. The van der Waals surface area contributed by atoms with Gasteiger partial charge in [0.05, 0.1) is 0 Å². The second-order valence-corrected chi connectivity index (χ2v) is 5.62. The molecule has 2 N–H and O–H groups in total. The number of hydrogen-bond acceptors (Lipinski definition) is 1. The first-order valence-electron chi connectivity index (χ1n) is 6.11. The van der Waals surface area contributed by atoms with Crippen LogP contribution in [0.25, 0.3) is 0 Å². The summed E-state index contributed by atoms with van der Waals surface area (Å²) in [6, 6.07) is 0. The molecule has 0 radical (unpaired) electrons. The van der Waals surface area contributed by atoms with Crippen LogP contribution in [-0.2, 0) is 4.79 Å². The monoisotopic (exact) mass is 213 g/mol. The zero-order chi connectivity index (χ0) is 12.1. The molecule has 90 valence electrons. The van der Waals surface area contributed by atoms with E-state index in [2.05, 4.69) is 27.7 Å². The van der Waals surface area contributed by atoms with Crippen molar-refractivity contribution in [3.05, 3.63) is 0 Å². The molecule has 0 bridgehead atoms. The molecule has 2 atom stereocenters. The molecule has 0 heterocycles. The number of primary amides is 1. The Labute approximate surface area is 94.6 Å². The lowest BCUT2D eigenvalue weighted by molar-refractivity contribution is -0.128. The summed E-state index contributed by atoms with van der Waals surface area (Å²) in [5.41, 5.74) is 5.21. The second-order valence-electron chi connectivity index (χ2n) is 5.62. The van der Waals surface area contributed by atoms with Crippen LogP contribution in [0, 0.1) is 17.3 Å². The van der Waals surface area contributed by atoms with Crippen molar-refractivity contribution >= 4 is 5.91 Å². The van der Waals surface area contributed by atoms with Crippen molar-refractivity contribution in [1.82, 2.24) is 0 Å². The Morgan fingerprint density at radius 2 is 1.80 bits per heavy atom. The molecule has 0 aliphatic rings. The minimum absolute atomic E-state index is 0.140.